The third kappa shape index (κ3) is 6.82. The van der Waals surface area contributed by atoms with E-state index in [4.69, 9.17) is 16.3 Å². The summed E-state index contributed by atoms with van der Waals surface area (Å²) in [6.07, 6.45) is -4.82. The number of benzene rings is 2. The SMILES string of the molecule is C[C@H](NC(=O)COC(=O)c1ccc(OC(F)(F)F)cc1)c1cccc(Cl)c1. The number of hydrogen-bond acceptors (Lipinski definition) is 4. The van der Waals surface area contributed by atoms with Crippen LogP contribution in [0.5, 0.6) is 5.75 Å². The van der Waals surface area contributed by atoms with Gasteiger partial charge in [-0.2, -0.15) is 0 Å². The van der Waals surface area contributed by atoms with Crippen LogP contribution in [0.1, 0.15) is 28.9 Å². The van der Waals surface area contributed by atoms with Crippen LogP contribution in [0, 0.1) is 0 Å². The molecule has 1 N–H and O–H groups in total. The highest BCUT2D eigenvalue weighted by atomic mass is 35.5. The van der Waals surface area contributed by atoms with E-state index in [0.29, 0.717) is 5.02 Å². The third-order valence-electron chi connectivity index (χ3n) is 3.38. The molecule has 1 amide bonds. The Balaban J connectivity index is 1.84. The molecule has 0 unspecified atom stereocenters. The van der Waals surface area contributed by atoms with E-state index in [2.05, 4.69) is 10.1 Å². The number of hydrogen-bond donors (Lipinski definition) is 1. The van der Waals surface area contributed by atoms with E-state index >= 15 is 0 Å². The Kier molecular flexibility index (Phi) is 6.68. The van der Waals surface area contributed by atoms with Gasteiger partial charge in [0.2, 0.25) is 0 Å². The molecule has 0 spiro atoms. The van der Waals surface area contributed by atoms with Crippen molar-refractivity contribution in [3.05, 3.63) is 64.7 Å². The summed E-state index contributed by atoms with van der Waals surface area (Å²) in [5, 5.41) is 3.17. The van der Waals surface area contributed by atoms with Gasteiger partial charge < -0.3 is 14.8 Å². The molecule has 0 heterocycles. The molecule has 0 aromatic heterocycles. The van der Waals surface area contributed by atoms with E-state index in [1.807, 2.05) is 0 Å². The number of amides is 1. The maximum absolute atomic E-state index is 12.1. The summed E-state index contributed by atoms with van der Waals surface area (Å²) >= 11 is 5.89. The normalized spacial score (nSPS) is 12.2. The van der Waals surface area contributed by atoms with E-state index in [1.54, 1.807) is 31.2 Å². The predicted molar refractivity (Wildman–Crippen MR) is 91.4 cm³/mol. The van der Waals surface area contributed by atoms with Gasteiger partial charge in [-0.05, 0) is 48.9 Å². The molecule has 0 fully saturated rings. The van der Waals surface area contributed by atoms with Crippen molar-refractivity contribution in [1.29, 1.82) is 0 Å². The number of nitrogens with one attached hydrogen (secondary N) is 1. The summed E-state index contributed by atoms with van der Waals surface area (Å²) in [4.78, 5) is 23.8. The van der Waals surface area contributed by atoms with Crippen molar-refractivity contribution in [3.8, 4) is 5.75 Å². The molecule has 144 valence electrons. The highest BCUT2D eigenvalue weighted by Gasteiger charge is 2.31. The van der Waals surface area contributed by atoms with Crippen LogP contribution >= 0.6 is 11.6 Å². The Morgan fingerprint density at radius 3 is 2.41 bits per heavy atom. The van der Waals surface area contributed by atoms with Crippen molar-refractivity contribution in [2.24, 2.45) is 0 Å². The second-order valence-corrected chi connectivity index (χ2v) is 5.93. The van der Waals surface area contributed by atoms with Crippen LogP contribution in [0.4, 0.5) is 13.2 Å². The Morgan fingerprint density at radius 1 is 1.15 bits per heavy atom. The number of carbonyl (C=O) groups is 2. The van der Waals surface area contributed by atoms with Gasteiger partial charge in [0, 0.05) is 5.02 Å². The first-order valence-corrected chi connectivity index (χ1v) is 8.09. The monoisotopic (exact) mass is 401 g/mol. The van der Waals surface area contributed by atoms with Crippen molar-refractivity contribution in [2.45, 2.75) is 19.3 Å². The van der Waals surface area contributed by atoms with Crippen molar-refractivity contribution in [1.82, 2.24) is 5.32 Å². The van der Waals surface area contributed by atoms with Crippen LogP contribution in [0.25, 0.3) is 0 Å². The van der Waals surface area contributed by atoms with Crippen LogP contribution in [0.15, 0.2) is 48.5 Å². The van der Waals surface area contributed by atoms with Crippen molar-refractivity contribution < 1.29 is 32.2 Å². The predicted octanol–water partition coefficient (Wildman–Crippen LogP) is 4.27. The molecule has 0 saturated heterocycles. The fraction of sp³-hybridized carbons (Fsp3) is 0.222. The lowest BCUT2D eigenvalue weighted by atomic mass is 10.1. The van der Waals surface area contributed by atoms with Crippen LogP contribution in [-0.2, 0) is 9.53 Å². The minimum atomic E-state index is -4.82. The maximum atomic E-state index is 12.1. The largest absolute Gasteiger partial charge is 0.573 e. The standard InChI is InChI=1S/C18H15ClF3NO4/c1-11(13-3-2-4-14(19)9-13)23-16(24)10-26-17(25)12-5-7-15(8-6-12)27-18(20,21)22/h2-9,11H,10H2,1H3,(H,23,24)/t11-/m0/s1. The van der Waals surface area contributed by atoms with Gasteiger partial charge >= 0.3 is 12.3 Å². The molecule has 9 heteroatoms. The number of rotatable bonds is 6. The summed E-state index contributed by atoms with van der Waals surface area (Å²) in [6.45, 7) is 1.20. The average Bonchev–Trinajstić information content (AvgIpc) is 2.59. The van der Waals surface area contributed by atoms with Gasteiger partial charge in [0.15, 0.2) is 6.61 Å². The van der Waals surface area contributed by atoms with Crippen molar-refractivity contribution in [2.75, 3.05) is 6.61 Å². The molecule has 0 bridgehead atoms. The summed E-state index contributed by atoms with van der Waals surface area (Å²) in [6, 6.07) is 10.7. The highest BCUT2D eigenvalue weighted by Crippen LogP contribution is 2.23. The minimum absolute atomic E-state index is 0.0137. The molecule has 0 aliphatic heterocycles. The zero-order valence-electron chi connectivity index (χ0n) is 14.0. The van der Waals surface area contributed by atoms with Gasteiger partial charge in [0.05, 0.1) is 11.6 Å². The maximum Gasteiger partial charge on any atom is 0.573 e. The van der Waals surface area contributed by atoms with Crippen LogP contribution < -0.4 is 10.1 Å². The first-order valence-electron chi connectivity index (χ1n) is 7.72. The molecule has 1 atom stereocenters. The Bertz CT molecular complexity index is 809. The number of alkyl halides is 3. The zero-order chi connectivity index (χ0) is 20.0. The smallest absolute Gasteiger partial charge is 0.452 e. The van der Waals surface area contributed by atoms with Crippen molar-refractivity contribution in [3.63, 3.8) is 0 Å². The molecule has 0 aliphatic carbocycles. The number of ether oxygens (including phenoxy) is 2. The van der Waals surface area contributed by atoms with Crippen LogP contribution in [-0.4, -0.2) is 24.8 Å². The molecule has 0 aliphatic rings. The van der Waals surface area contributed by atoms with E-state index < -0.39 is 30.6 Å². The zero-order valence-corrected chi connectivity index (χ0v) is 14.8. The van der Waals surface area contributed by atoms with E-state index in [0.717, 1.165) is 29.8 Å². The lowest BCUT2D eigenvalue weighted by molar-refractivity contribution is -0.274. The lowest BCUT2D eigenvalue weighted by Crippen LogP contribution is -2.31. The molecule has 0 radical (unpaired) electrons. The number of esters is 1. The first-order chi connectivity index (χ1) is 12.6. The minimum Gasteiger partial charge on any atom is -0.452 e. The van der Waals surface area contributed by atoms with Gasteiger partial charge in [-0.1, -0.05) is 23.7 Å². The fourth-order valence-electron chi connectivity index (χ4n) is 2.15. The summed E-state index contributed by atoms with van der Waals surface area (Å²) in [5.74, 6) is -1.85. The average molecular weight is 402 g/mol. The van der Waals surface area contributed by atoms with E-state index in [9.17, 15) is 22.8 Å². The van der Waals surface area contributed by atoms with Crippen LogP contribution in [0.2, 0.25) is 5.02 Å². The molecular weight excluding hydrogens is 387 g/mol. The molecule has 0 saturated carbocycles. The second kappa shape index (κ2) is 8.77. The van der Waals surface area contributed by atoms with Crippen LogP contribution in [0.3, 0.4) is 0 Å². The van der Waals surface area contributed by atoms with E-state index in [-0.39, 0.29) is 11.6 Å². The Morgan fingerprint density at radius 2 is 1.81 bits per heavy atom. The molecule has 2 aromatic carbocycles. The molecule has 2 aromatic rings. The lowest BCUT2D eigenvalue weighted by Gasteiger charge is -2.14. The molecule has 2 rings (SSSR count). The molecular formula is C18H15ClF3NO4. The van der Waals surface area contributed by atoms with Crippen molar-refractivity contribution >= 4 is 23.5 Å². The first kappa shape index (κ1) is 20.6. The third-order valence-corrected chi connectivity index (χ3v) is 3.62. The number of halogens is 4. The summed E-state index contributed by atoms with van der Waals surface area (Å²) < 4.78 is 44.8. The van der Waals surface area contributed by atoms with Gasteiger partial charge in [0.25, 0.3) is 5.91 Å². The highest BCUT2D eigenvalue weighted by molar-refractivity contribution is 6.30. The summed E-state index contributed by atoms with van der Waals surface area (Å²) in [7, 11) is 0. The van der Waals surface area contributed by atoms with Gasteiger partial charge in [-0.15, -0.1) is 13.2 Å². The van der Waals surface area contributed by atoms with Gasteiger partial charge in [-0.3, -0.25) is 4.79 Å². The van der Waals surface area contributed by atoms with E-state index in [1.165, 1.54) is 0 Å². The topological polar surface area (TPSA) is 64.6 Å². The fourth-order valence-corrected chi connectivity index (χ4v) is 2.35. The molecule has 27 heavy (non-hydrogen) atoms. The Labute approximate surface area is 158 Å². The van der Waals surface area contributed by atoms with Gasteiger partial charge in [-0.25, -0.2) is 4.79 Å². The molecule has 5 nitrogen and oxygen atoms in total. The second-order valence-electron chi connectivity index (χ2n) is 5.49. The quantitative estimate of drug-likeness (QED) is 0.734. The number of carbonyl (C=O) groups excluding carboxylic acids is 2. The Hall–Kier alpha value is -2.74. The van der Waals surface area contributed by atoms with Gasteiger partial charge in [0.1, 0.15) is 5.75 Å². The summed E-state index contributed by atoms with van der Waals surface area (Å²) in [5.41, 5.74) is 0.766.